The van der Waals surface area contributed by atoms with E-state index >= 15 is 0 Å². The van der Waals surface area contributed by atoms with Gasteiger partial charge in [0.05, 0.1) is 0 Å². The second kappa shape index (κ2) is 8.65. The first-order chi connectivity index (χ1) is 13.4. The van der Waals surface area contributed by atoms with E-state index in [1.807, 2.05) is 19.9 Å². The van der Waals surface area contributed by atoms with Crippen LogP contribution in [0.5, 0.6) is 0 Å². The number of hydrogen-bond acceptors (Lipinski definition) is 5. The number of halogens is 1. The fraction of sp³-hybridized carbons (Fsp3) is 0.476. The number of nitrogens with zero attached hydrogens (tertiary/aromatic N) is 2. The molecule has 1 amide bonds. The highest BCUT2D eigenvalue weighted by molar-refractivity contribution is 5.76. The van der Waals surface area contributed by atoms with Crippen molar-refractivity contribution in [1.82, 2.24) is 15.3 Å². The summed E-state index contributed by atoms with van der Waals surface area (Å²) < 4.78 is 19.3. The van der Waals surface area contributed by atoms with Gasteiger partial charge < -0.3 is 15.8 Å². The summed E-state index contributed by atoms with van der Waals surface area (Å²) in [4.78, 5) is 20.9. The van der Waals surface area contributed by atoms with Crippen LogP contribution in [0.15, 0.2) is 24.3 Å². The lowest BCUT2D eigenvalue weighted by atomic mass is 9.74. The molecule has 1 fully saturated rings. The lowest BCUT2D eigenvalue weighted by Crippen LogP contribution is -2.44. The number of aryl methyl sites for hydroxylation is 2. The molecule has 1 aliphatic heterocycles. The van der Waals surface area contributed by atoms with Crippen molar-refractivity contribution in [3.05, 3.63) is 52.6 Å². The van der Waals surface area contributed by atoms with E-state index in [9.17, 15) is 9.18 Å². The molecule has 0 aliphatic carbocycles. The average Bonchev–Trinajstić information content (AvgIpc) is 2.66. The van der Waals surface area contributed by atoms with Gasteiger partial charge in [0.25, 0.3) is 0 Å². The quantitative estimate of drug-likeness (QED) is 0.796. The number of amides is 1. The second-order valence-corrected chi connectivity index (χ2v) is 7.41. The van der Waals surface area contributed by atoms with Gasteiger partial charge in [-0.3, -0.25) is 4.79 Å². The fourth-order valence-electron chi connectivity index (χ4n) is 3.87. The molecule has 1 aromatic heterocycles. The summed E-state index contributed by atoms with van der Waals surface area (Å²) in [6, 6.07) is 6.65. The van der Waals surface area contributed by atoms with Crippen LogP contribution in [0.1, 0.15) is 41.8 Å². The molecular formula is C21H27FN4O2. The summed E-state index contributed by atoms with van der Waals surface area (Å²) in [7, 11) is 0. The first-order valence-corrected chi connectivity index (χ1v) is 9.60. The Morgan fingerprint density at radius 1 is 1.25 bits per heavy atom. The largest absolute Gasteiger partial charge is 0.381 e. The van der Waals surface area contributed by atoms with Crippen LogP contribution in [-0.2, 0) is 21.4 Å². The molecule has 0 unspecified atom stereocenters. The Morgan fingerprint density at radius 2 is 1.93 bits per heavy atom. The number of ether oxygens (including phenoxy) is 1. The maximum absolute atomic E-state index is 13.8. The smallest absolute Gasteiger partial charge is 0.220 e. The maximum Gasteiger partial charge on any atom is 0.220 e. The molecule has 3 N–H and O–H groups in total. The van der Waals surface area contributed by atoms with E-state index in [0.29, 0.717) is 32.6 Å². The SMILES string of the molecule is Cc1nc(N)nc(C)c1CCC(=O)NCC1(c2cccc(F)c2)CCOCC1. The van der Waals surface area contributed by atoms with Crippen molar-refractivity contribution in [1.29, 1.82) is 0 Å². The third-order valence-electron chi connectivity index (χ3n) is 5.55. The summed E-state index contributed by atoms with van der Waals surface area (Å²) in [5.41, 5.74) is 8.83. The lowest BCUT2D eigenvalue weighted by molar-refractivity contribution is -0.121. The summed E-state index contributed by atoms with van der Waals surface area (Å²) in [5, 5.41) is 3.05. The minimum Gasteiger partial charge on any atom is -0.381 e. The Morgan fingerprint density at radius 3 is 2.57 bits per heavy atom. The summed E-state index contributed by atoms with van der Waals surface area (Å²) in [6.07, 6.45) is 2.39. The number of carbonyl (C=O) groups is 1. The van der Waals surface area contributed by atoms with Crippen LogP contribution in [0, 0.1) is 19.7 Å². The zero-order valence-electron chi connectivity index (χ0n) is 16.4. The van der Waals surface area contributed by atoms with Crippen LogP contribution in [-0.4, -0.2) is 35.6 Å². The van der Waals surface area contributed by atoms with Crippen LogP contribution in [0.3, 0.4) is 0 Å². The average molecular weight is 386 g/mol. The van der Waals surface area contributed by atoms with Crippen molar-refractivity contribution in [2.24, 2.45) is 0 Å². The minimum absolute atomic E-state index is 0.0436. The van der Waals surface area contributed by atoms with E-state index in [1.54, 1.807) is 12.1 Å². The second-order valence-electron chi connectivity index (χ2n) is 7.41. The van der Waals surface area contributed by atoms with Gasteiger partial charge in [0.15, 0.2) is 0 Å². The molecule has 2 aromatic rings. The van der Waals surface area contributed by atoms with Gasteiger partial charge in [0.2, 0.25) is 11.9 Å². The van der Waals surface area contributed by atoms with Gasteiger partial charge in [-0.15, -0.1) is 0 Å². The zero-order chi connectivity index (χ0) is 20.1. The number of aromatic nitrogens is 2. The number of nitrogens with two attached hydrogens (primary N) is 1. The maximum atomic E-state index is 13.8. The molecule has 6 nitrogen and oxygen atoms in total. The molecule has 28 heavy (non-hydrogen) atoms. The van der Waals surface area contributed by atoms with Gasteiger partial charge in [0, 0.05) is 43.0 Å². The van der Waals surface area contributed by atoms with Crippen LogP contribution in [0.4, 0.5) is 10.3 Å². The van der Waals surface area contributed by atoms with Gasteiger partial charge in [-0.1, -0.05) is 12.1 Å². The van der Waals surface area contributed by atoms with E-state index in [2.05, 4.69) is 15.3 Å². The highest BCUT2D eigenvalue weighted by Gasteiger charge is 2.35. The van der Waals surface area contributed by atoms with Gasteiger partial charge in [0.1, 0.15) is 5.82 Å². The molecule has 1 saturated heterocycles. The van der Waals surface area contributed by atoms with E-state index in [0.717, 1.165) is 35.4 Å². The van der Waals surface area contributed by atoms with Crippen molar-refractivity contribution >= 4 is 11.9 Å². The van der Waals surface area contributed by atoms with Crippen molar-refractivity contribution in [3.63, 3.8) is 0 Å². The van der Waals surface area contributed by atoms with Crippen molar-refractivity contribution in [2.75, 3.05) is 25.5 Å². The first kappa shape index (κ1) is 20.2. The molecule has 0 radical (unpaired) electrons. The van der Waals surface area contributed by atoms with E-state index in [-0.39, 0.29) is 23.1 Å². The molecule has 1 aromatic carbocycles. The standard InChI is InChI=1S/C21H27FN4O2/c1-14-18(15(2)26-20(23)25-14)6-7-19(27)24-13-21(8-10-28-11-9-21)16-4-3-5-17(22)12-16/h3-5,12H,6-11,13H2,1-2H3,(H,24,27)(H2,23,25,26). The normalized spacial score (nSPS) is 16.0. The Bertz CT molecular complexity index is 827. The summed E-state index contributed by atoms with van der Waals surface area (Å²) >= 11 is 0. The Labute approximate surface area is 164 Å². The summed E-state index contributed by atoms with van der Waals surface area (Å²) in [6.45, 7) is 5.43. The number of anilines is 1. The Hall–Kier alpha value is -2.54. The van der Waals surface area contributed by atoms with Gasteiger partial charge in [-0.05, 0) is 56.4 Å². The topological polar surface area (TPSA) is 90.1 Å². The minimum atomic E-state index is -0.299. The fourth-order valence-corrected chi connectivity index (χ4v) is 3.87. The van der Waals surface area contributed by atoms with E-state index < -0.39 is 0 Å². The number of nitrogens with one attached hydrogen (secondary N) is 1. The van der Waals surface area contributed by atoms with Crippen LogP contribution >= 0.6 is 0 Å². The zero-order valence-corrected chi connectivity index (χ0v) is 16.4. The monoisotopic (exact) mass is 386 g/mol. The molecule has 3 rings (SSSR count). The van der Waals surface area contributed by atoms with Crippen LogP contribution < -0.4 is 11.1 Å². The van der Waals surface area contributed by atoms with Gasteiger partial charge in [-0.2, -0.15) is 0 Å². The number of carbonyl (C=O) groups excluding carboxylic acids is 1. The molecule has 0 spiro atoms. The molecular weight excluding hydrogens is 359 g/mol. The molecule has 0 saturated carbocycles. The van der Waals surface area contributed by atoms with Crippen molar-refractivity contribution < 1.29 is 13.9 Å². The number of rotatable bonds is 6. The van der Waals surface area contributed by atoms with Crippen molar-refractivity contribution in [3.8, 4) is 0 Å². The van der Waals surface area contributed by atoms with Crippen molar-refractivity contribution in [2.45, 2.75) is 44.9 Å². The summed E-state index contributed by atoms with van der Waals surface area (Å²) in [5.74, 6) is -0.0540. The third-order valence-corrected chi connectivity index (χ3v) is 5.55. The Kier molecular flexibility index (Phi) is 6.24. The number of nitrogen functional groups attached to an aromatic ring is 1. The van der Waals surface area contributed by atoms with Gasteiger partial charge in [-0.25, -0.2) is 14.4 Å². The molecule has 2 heterocycles. The molecule has 0 atom stereocenters. The van der Waals surface area contributed by atoms with E-state index in [4.69, 9.17) is 10.5 Å². The highest BCUT2D eigenvalue weighted by Crippen LogP contribution is 2.34. The molecule has 1 aliphatic rings. The van der Waals surface area contributed by atoms with E-state index in [1.165, 1.54) is 6.07 Å². The third kappa shape index (κ3) is 4.65. The molecule has 0 bridgehead atoms. The highest BCUT2D eigenvalue weighted by atomic mass is 19.1. The first-order valence-electron chi connectivity index (χ1n) is 9.60. The number of benzene rings is 1. The molecule has 150 valence electrons. The number of hydrogen-bond donors (Lipinski definition) is 2. The van der Waals surface area contributed by atoms with Crippen LogP contribution in [0.2, 0.25) is 0 Å². The molecule has 7 heteroatoms. The lowest BCUT2D eigenvalue weighted by Gasteiger charge is -2.38. The Balaban J connectivity index is 1.64. The predicted octanol–water partition coefficient (Wildman–Crippen LogP) is 2.61. The van der Waals surface area contributed by atoms with Crippen LogP contribution in [0.25, 0.3) is 0 Å². The predicted molar refractivity (Wildman–Crippen MR) is 105 cm³/mol. The van der Waals surface area contributed by atoms with Gasteiger partial charge >= 0.3 is 0 Å².